The van der Waals surface area contributed by atoms with E-state index in [1.54, 1.807) is 17.7 Å². The lowest BCUT2D eigenvalue weighted by Crippen LogP contribution is -2.08. The smallest absolute Gasteiger partial charge is 0.208 e. The van der Waals surface area contributed by atoms with Crippen molar-refractivity contribution in [1.82, 2.24) is 9.55 Å². The lowest BCUT2D eigenvalue weighted by molar-refractivity contribution is 0.0973. The fourth-order valence-electron chi connectivity index (χ4n) is 4.74. The number of carbonyl (C=O) groups is 1. The average Bonchev–Trinajstić information content (AvgIpc) is 3.14. The van der Waals surface area contributed by atoms with Crippen LogP contribution >= 0.6 is 23.2 Å². The Bertz CT molecular complexity index is 1190. The number of aromatic nitrogens is 2. The number of fused-ring (bicyclic) bond motifs is 1. The highest BCUT2D eigenvalue weighted by atomic mass is 35.5. The van der Waals surface area contributed by atoms with Crippen LogP contribution in [-0.4, -0.2) is 21.9 Å². The van der Waals surface area contributed by atoms with E-state index in [4.69, 9.17) is 27.9 Å². The minimum absolute atomic E-state index is 0.0367. The average molecular weight is 506 g/mol. The summed E-state index contributed by atoms with van der Waals surface area (Å²) in [4.78, 5) is 17.7. The molecule has 0 radical (unpaired) electrons. The molecule has 0 bridgehead atoms. The lowest BCUT2D eigenvalue weighted by Gasteiger charge is -2.21. The quantitative estimate of drug-likeness (QED) is 0.235. The van der Waals surface area contributed by atoms with Gasteiger partial charge in [0.15, 0.2) is 11.6 Å². The number of ketones is 1. The summed E-state index contributed by atoms with van der Waals surface area (Å²) in [6.45, 7) is 2.34. The van der Waals surface area contributed by atoms with Crippen LogP contribution in [0.15, 0.2) is 24.3 Å². The molecule has 0 atom stereocenters. The Labute approximate surface area is 209 Å². The minimum Gasteiger partial charge on any atom is -0.493 e. The van der Waals surface area contributed by atoms with Gasteiger partial charge in [0.2, 0.25) is 5.95 Å². The molecule has 1 aromatic heterocycles. The van der Waals surface area contributed by atoms with E-state index in [0.717, 1.165) is 24.3 Å². The zero-order chi connectivity index (χ0) is 24.2. The number of halogens is 3. The van der Waals surface area contributed by atoms with Crippen molar-refractivity contribution in [3.63, 3.8) is 0 Å². The number of nitrogens with zero attached hydrogens (tertiary/aromatic N) is 2. The topological polar surface area (TPSA) is 56.1 Å². The predicted octanol–water partition coefficient (Wildman–Crippen LogP) is 8.09. The molecule has 3 aromatic rings. The summed E-state index contributed by atoms with van der Waals surface area (Å²) in [5.74, 6) is 1.08. The summed E-state index contributed by atoms with van der Waals surface area (Å²) >= 11 is 12.1. The Morgan fingerprint density at radius 1 is 1.21 bits per heavy atom. The third-order valence-corrected chi connectivity index (χ3v) is 7.21. The normalized spacial score (nSPS) is 14.5. The Hall–Kier alpha value is -2.31. The number of hydrogen-bond donors (Lipinski definition) is 1. The highest BCUT2D eigenvalue weighted by molar-refractivity contribution is 6.35. The molecule has 34 heavy (non-hydrogen) atoms. The van der Waals surface area contributed by atoms with Crippen molar-refractivity contribution in [2.45, 2.75) is 58.3 Å². The van der Waals surface area contributed by atoms with Crippen LogP contribution in [0, 0.1) is 11.7 Å². The van der Waals surface area contributed by atoms with Crippen LogP contribution in [0.5, 0.6) is 5.75 Å². The summed E-state index contributed by atoms with van der Waals surface area (Å²) in [5.41, 5.74) is 1.96. The van der Waals surface area contributed by atoms with Gasteiger partial charge in [-0.1, -0.05) is 61.7 Å². The van der Waals surface area contributed by atoms with E-state index in [-0.39, 0.29) is 21.5 Å². The standard InChI is InChI=1S/C26H30Cl2FN3O2/c1-3-34-23-15-21-20(14-17(23)22(33)11-7-10-16-8-5-4-6-9-16)30-26(32(21)2)31-25-19(28)13-12-18(27)24(25)29/h12-16H,3-11H2,1-2H3,(H,30,31). The molecule has 1 fully saturated rings. The van der Waals surface area contributed by atoms with Gasteiger partial charge in [-0.15, -0.1) is 0 Å². The number of carbonyl (C=O) groups excluding carboxylic acids is 1. The molecule has 0 amide bonds. The molecule has 1 saturated carbocycles. The Morgan fingerprint density at radius 2 is 1.94 bits per heavy atom. The van der Waals surface area contributed by atoms with Crippen LogP contribution < -0.4 is 10.1 Å². The number of ether oxygens (including phenoxy) is 1. The molecule has 1 N–H and O–H groups in total. The SMILES string of the molecule is CCOc1cc2c(cc1C(=O)CCCC1CCCCC1)nc(Nc1c(Cl)ccc(Cl)c1F)n2C. The number of aryl methyl sites for hydroxylation is 1. The summed E-state index contributed by atoms with van der Waals surface area (Å²) < 4.78 is 22.1. The van der Waals surface area contributed by atoms with Gasteiger partial charge in [-0.2, -0.15) is 0 Å². The van der Waals surface area contributed by atoms with Gasteiger partial charge in [0.25, 0.3) is 0 Å². The summed E-state index contributed by atoms with van der Waals surface area (Å²) in [6, 6.07) is 6.51. The van der Waals surface area contributed by atoms with E-state index in [1.807, 2.05) is 13.0 Å². The van der Waals surface area contributed by atoms with Crippen molar-refractivity contribution in [3.8, 4) is 5.75 Å². The van der Waals surface area contributed by atoms with Gasteiger partial charge in [-0.25, -0.2) is 9.37 Å². The highest BCUT2D eigenvalue weighted by Crippen LogP contribution is 2.35. The van der Waals surface area contributed by atoms with Crippen LogP contribution in [0.25, 0.3) is 11.0 Å². The van der Waals surface area contributed by atoms with Crippen LogP contribution in [0.3, 0.4) is 0 Å². The van der Waals surface area contributed by atoms with Crippen LogP contribution in [0.1, 0.15) is 68.6 Å². The zero-order valence-corrected chi connectivity index (χ0v) is 21.1. The van der Waals surface area contributed by atoms with E-state index < -0.39 is 5.82 Å². The lowest BCUT2D eigenvalue weighted by atomic mass is 9.85. The Kier molecular flexibility index (Phi) is 7.99. The Morgan fingerprint density at radius 3 is 2.68 bits per heavy atom. The molecular formula is C26H30Cl2FN3O2. The highest BCUT2D eigenvalue weighted by Gasteiger charge is 2.20. The summed E-state index contributed by atoms with van der Waals surface area (Å²) in [7, 11) is 1.80. The van der Waals surface area contributed by atoms with Gasteiger partial charge in [0, 0.05) is 19.5 Å². The third kappa shape index (κ3) is 5.33. The van der Waals surface area contributed by atoms with Crippen molar-refractivity contribution in [2.75, 3.05) is 11.9 Å². The zero-order valence-electron chi connectivity index (χ0n) is 19.6. The van der Waals surface area contributed by atoms with Crippen LogP contribution in [0.4, 0.5) is 16.0 Å². The molecule has 4 rings (SSSR count). The predicted molar refractivity (Wildman–Crippen MR) is 136 cm³/mol. The fourth-order valence-corrected chi connectivity index (χ4v) is 5.09. The first-order valence-corrected chi connectivity index (χ1v) is 12.7. The molecule has 2 aromatic carbocycles. The molecule has 5 nitrogen and oxygen atoms in total. The molecule has 0 aliphatic heterocycles. The fraction of sp³-hybridized carbons (Fsp3) is 0.462. The largest absolute Gasteiger partial charge is 0.493 e. The van der Waals surface area contributed by atoms with E-state index in [2.05, 4.69) is 10.3 Å². The van der Waals surface area contributed by atoms with Crippen molar-refractivity contribution in [3.05, 3.63) is 45.7 Å². The molecule has 182 valence electrons. The summed E-state index contributed by atoms with van der Waals surface area (Å²) in [5, 5.41) is 3.10. The molecular weight excluding hydrogens is 476 g/mol. The number of benzene rings is 2. The number of hydrogen-bond acceptors (Lipinski definition) is 4. The molecule has 0 spiro atoms. The first kappa shape index (κ1) is 24.8. The van der Waals surface area contributed by atoms with Gasteiger partial charge in [0.05, 0.1) is 38.9 Å². The minimum atomic E-state index is -0.648. The molecule has 1 heterocycles. The first-order chi connectivity index (χ1) is 16.4. The maximum Gasteiger partial charge on any atom is 0.208 e. The van der Waals surface area contributed by atoms with Gasteiger partial charge in [-0.3, -0.25) is 4.79 Å². The molecule has 1 aliphatic carbocycles. The van der Waals surface area contributed by atoms with Crippen molar-refractivity contribution in [2.24, 2.45) is 13.0 Å². The second kappa shape index (κ2) is 11.0. The second-order valence-corrected chi connectivity index (χ2v) is 9.74. The summed E-state index contributed by atoms with van der Waals surface area (Å²) in [6.07, 6.45) is 8.99. The number of anilines is 2. The maximum absolute atomic E-state index is 14.5. The second-order valence-electron chi connectivity index (χ2n) is 8.93. The third-order valence-electron chi connectivity index (χ3n) is 6.60. The van der Waals surface area contributed by atoms with Gasteiger partial charge in [-0.05, 0) is 37.5 Å². The number of Topliss-reactive ketones (excluding diaryl/α,β-unsaturated/α-hetero) is 1. The first-order valence-electron chi connectivity index (χ1n) is 12.0. The number of nitrogens with one attached hydrogen (secondary N) is 1. The molecule has 8 heteroatoms. The van der Waals surface area contributed by atoms with E-state index in [1.165, 1.54) is 44.2 Å². The van der Waals surface area contributed by atoms with Gasteiger partial charge >= 0.3 is 0 Å². The molecule has 0 saturated heterocycles. The van der Waals surface area contributed by atoms with Crippen LogP contribution in [0.2, 0.25) is 10.0 Å². The van der Waals surface area contributed by atoms with Crippen molar-refractivity contribution < 1.29 is 13.9 Å². The van der Waals surface area contributed by atoms with E-state index in [0.29, 0.717) is 35.8 Å². The molecule has 0 unspecified atom stereocenters. The van der Waals surface area contributed by atoms with Crippen LogP contribution in [-0.2, 0) is 7.05 Å². The number of imidazole rings is 1. The van der Waals surface area contributed by atoms with Gasteiger partial charge in [0.1, 0.15) is 5.75 Å². The van der Waals surface area contributed by atoms with Gasteiger partial charge < -0.3 is 14.6 Å². The Balaban J connectivity index is 1.59. The van der Waals surface area contributed by atoms with Crippen molar-refractivity contribution in [1.29, 1.82) is 0 Å². The van der Waals surface area contributed by atoms with Crippen molar-refractivity contribution >= 4 is 51.7 Å². The maximum atomic E-state index is 14.5. The monoisotopic (exact) mass is 505 g/mol. The molecule has 1 aliphatic rings. The van der Waals surface area contributed by atoms with E-state index >= 15 is 0 Å². The number of rotatable bonds is 9. The van der Waals surface area contributed by atoms with E-state index in [9.17, 15) is 9.18 Å².